The first-order valence-corrected chi connectivity index (χ1v) is 6.40. The minimum atomic E-state index is -0.282. The van der Waals surface area contributed by atoms with Gasteiger partial charge in [0.25, 0.3) is 0 Å². The molecule has 100 valence electrons. The van der Waals surface area contributed by atoms with Crippen LogP contribution in [0.3, 0.4) is 0 Å². The average molecular weight is 258 g/mol. The number of methoxy groups -OCH3 is 1. The van der Waals surface area contributed by atoms with E-state index in [1.807, 2.05) is 50.2 Å². The van der Waals surface area contributed by atoms with Gasteiger partial charge in [-0.2, -0.15) is 0 Å². The lowest BCUT2D eigenvalue weighted by atomic mass is 9.94. The van der Waals surface area contributed by atoms with E-state index < -0.39 is 0 Å². The van der Waals surface area contributed by atoms with Crippen LogP contribution in [-0.4, -0.2) is 19.7 Å². The Kier molecular flexibility index (Phi) is 4.05. The van der Waals surface area contributed by atoms with E-state index in [1.165, 1.54) is 0 Å². The Bertz CT molecular complexity index is 590. The molecule has 19 heavy (non-hydrogen) atoms. The predicted molar refractivity (Wildman–Crippen MR) is 75.5 cm³/mol. The summed E-state index contributed by atoms with van der Waals surface area (Å²) in [4.78, 5) is 11.9. The Morgan fingerprint density at radius 2 is 2.05 bits per heavy atom. The molecule has 0 spiro atoms. The third-order valence-corrected chi connectivity index (χ3v) is 3.23. The fourth-order valence-corrected chi connectivity index (χ4v) is 2.17. The highest BCUT2D eigenvalue weighted by Gasteiger charge is 2.18. The highest BCUT2D eigenvalue weighted by molar-refractivity contribution is 5.91. The number of rotatable bonds is 4. The van der Waals surface area contributed by atoms with Crippen LogP contribution in [0.4, 0.5) is 0 Å². The van der Waals surface area contributed by atoms with Crippen LogP contribution in [0.15, 0.2) is 36.4 Å². The van der Waals surface area contributed by atoms with Crippen LogP contribution in [-0.2, 0) is 9.53 Å². The Labute approximate surface area is 113 Å². The van der Waals surface area contributed by atoms with Gasteiger partial charge in [-0.25, -0.2) is 0 Å². The van der Waals surface area contributed by atoms with Crippen LogP contribution < -0.4 is 4.74 Å². The fraction of sp³-hybridized carbons (Fsp3) is 0.312. The summed E-state index contributed by atoms with van der Waals surface area (Å²) in [5.41, 5.74) is 0.967. The predicted octanol–water partition coefficient (Wildman–Crippen LogP) is 3.52. The average Bonchev–Trinajstić information content (AvgIpc) is 2.45. The molecule has 1 atom stereocenters. The van der Waals surface area contributed by atoms with E-state index >= 15 is 0 Å². The van der Waals surface area contributed by atoms with Crippen LogP contribution >= 0.6 is 0 Å². The molecule has 0 aliphatic carbocycles. The maximum Gasteiger partial charge on any atom is 0.313 e. The Hall–Kier alpha value is -2.03. The van der Waals surface area contributed by atoms with Crippen molar-refractivity contribution < 1.29 is 14.3 Å². The Morgan fingerprint density at radius 1 is 1.26 bits per heavy atom. The van der Waals surface area contributed by atoms with Gasteiger partial charge < -0.3 is 9.47 Å². The monoisotopic (exact) mass is 258 g/mol. The first-order chi connectivity index (χ1) is 9.17. The second kappa shape index (κ2) is 5.74. The summed E-state index contributed by atoms with van der Waals surface area (Å²) < 4.78 is 10.3. The molecule has 0 radical (unpaired) electrons. The van der Waals surface area contributed by atoms with E-state index in [4.69, 9.17) is 9.47 Å². The highest BCUT2D eigenvalue weighted by atomic mass is 16.5. The molecule has 0 saturated heterocycles. The van der Waals surface area contributed by atoms with Gasteiger partial charge in [0.05, 0.1) is 19.6 Å². The van der Waals surface area contributed by atoms with Crippen LogP contribution in [0.1, 0.15) is 25.3 Å². The zero-order chi connectivity index (χ0) is 13.8. The summed E-state index contributed by atoms with van der Waals surface area (Å²) >= 11 is 0. The molecule has 2 aromatic carbocycles. The van der Waals surface area contributed by atoms with Gasteiger partial charge in [-0.15, -0.1) is 0 Å². The normalized spacial score (nSPS) is 12.2. The smallest absolute Gasteiger partial charge is 0.313 e. The summed E-state index contributed by atoms with van der Waals surface area (Å²) in [5.74, 6) is 0.310. The van der Waals surface area contributed by atoms with Crippen LogP contribution in [0, 0.1) is 0 Å². The number of carbonyl (C=O) groups is 1. The Balaban J connectivity index is 2.50. The van der Waals surface area contributed by atoms with Gasteiger partial charge in [-0.05, 0) is 42.3 Å². The molecular formula is C16H18O3. The van der Waals surface area contributed by atoms with Crippen LogP contribution in [0.25, 0.3) is 10.8 Å². The molecule has 0 fully saturated rings. The summed E-state index contributed by atoms with van der Waals surface area (Å²) in [5, 5.41) is 2.12. The van der Waals surface area contributed by atoms with Gasteiger partial charge in [0, 0.05) is 0 Å². The number of esters is 1. The molecule has 1 unspecified atom stereocenters. The lowest BCUT2D eigenvalue weighted by molar-refractivity contribution is -0.144. The molecule has 0 aliphatic heterocycles. The third-order valence-electron chi connectivity index (χ3n) is 3.23. The van der Waals surface area contributed by atoms with Crippen LogP contribution in [0.5, 0.6) is 5.75 Å². The van der Waals surface area contributed by atoms with Crippen molar-refractivity contribution in [3.63, 3.8) is 0 Å². The van der Waals surface area contributed by atoms with Gasteiger partial charge in [-0.1, -0.05) is 24.3 Å². The molecule has 2 aromatic rings. The van der Waals surface area contributed by atoms with E-state index in [9.17, 15) is 4.79 Å². The maximum atomic E-state index is 11.9. The number of carbonyl (C=O) groups excluding carboxylic acids is 1. The molecule has 2 rings (SSSR count). The zero-order valence-corrected chi connectivity index (χ0v) is 11.5. The van der Waals surface area contributed by atoms with Gasteiger partial charge in [-0.3, -0.25) is 4.79 Å². The molecule has 0 aromatic heterocycles. The molecule has 0 heterocycles. The van der Waals surface area contributed by atoms with Crippen molar-refractivity contribution in [2.24, 2.45) is 0 Å². The highest BCUT2D eigenvalue weighted by Crippen LogP contribution is 2.29. The largest absolute Gasteiger partial charge is 0.497 e. The van der Waals surface area contributed by atoms with Gasteiger partial charge in [0.15, 0.2) is 0 Å². The van der Waals surface area contributed by atoms with Gasteiger partial charge >= 0.3 is 5.97 Å². The molecule has 0 saturated carbocycles. The fourth-order valence-electron chi connectivity index (χ4n) is 2.17. The number of benzene rings is 2. The van der Waals surface area contributed by atoms with Crippen molar-refractivity contribution in [1.82, 2.24) is 0 Å². The first-order valence-electron chi connectivity index (χ1n) is 6.40. The van der Waals surface area contributed by atoms with Gasteiger partial charge in [0.2, 0.25) is 0 Å². The summed E-state index contributed by atoms with van der Waals surface area (Å²) in [6, 6.07) is 11.8. The first kappa shape index (κ1) is 13.4. The van der Waals surface area contributed by atoms with Crippen LogP contribution in [0.2, 0.25) is 0 Å². The lowest BCUT2D eigenvalue weighted by Crippen LogP contribution is -2.13. The SMILES string of the molecule is CCOC(=O)C(C)c1cccc2ccc(OC)cc12. The van der Waals surface area contributed by atoms with Crippen molar-refractivity contribution >= 4 is 16.7 Å². The van der Waals surface area contributed by atoms with Gasteiger partial charge in [0.1, 0.15) is 5.75 Å². The van der Waals surface area contributed by atoms with E-state index in [1.54, 1.807) is 7.11 Å². The number of hydrogen-bond acceptors (Lipinski definition) is 3. The summed E-state index contributed by atoms with van der Waals surface area (Å²) in [6.07, 6.45) is 0. The van der Waals surface area contributed by atoms with Crippen molar-refractivity contribution in [3.05, 3.63) is 42.0 Å². The van der Waals surface area contributed by atoms with E-state index in [-0.39, 0.29) is 11.9 Å². The minimum absolute atomic E-state index is 0.196. The molecular weight excluding hydrogens is 240 g/mol. The second-order valence-electron chi connectivity index (χ2n) is 4.41. The standard InChI is InChI=1S/C16H18O3/c1-4-19-16(17)11(2)14-7-5-6-12-8-9-13(18-3)10-15(12)14/h5-11H,4H2,1-3H3. The topological polar surface area (TPSA) is 35.5 Å². The molecule has 0 bridgehead atoms. The third kappa shape index (κ3) is 2.70. The maximum absolute atomic E-state index is 11.9. The van der Waals surface area contributed by atoms with Crippen molar-refractivity contribution in [2.75, 3.05) is 13.7 Å². The molecule has 3 heteroatoms. The molecule has 3 nitrogen and oxygen atoms in total. The lowest BCUT2D eigenvalue weighted by Gasteiger charge is -2.14. The molecule has 0 N–H and O–H groups in total. The van der Waals surface area contributed by atoms with E-state index in [0.717, 1.165) is 22.1 Å². The number of hydrogen-bond donors (Lipinski definition) is 0. The van der Waals surface area contributed by atoms with Crippen molar-refractivity contribution in [3.8, 4) is 5.75 Å². The van der Waals surface area contributed by atoms with Crippen molar-refractivity contribution in [2.45, 2.75) is 19.8 Å². The molecule has 0 aliphatic rings. The molecule has 0 amide bonds. The zero-order valence-electron chi connectivity index (χ0n) is 11.5. The Morgan fingerprint density at radius 3 is 2.74 bits per heavy atom. The second-order valence-corrected chi connectivity index (χ2v) is 4.41. The van der Waals surface area contributed by atoms with E-state index in [2.05, 4.69) is 0 Å². The summed E-state index contributed by atoms with van der Waals surface area (Å²) in [6.45, 7) is 4.08. The van der Waals surface area contributed by atoms with E-state index in [0.29, 0.717) is 6.61 Å². The summed E-state index contributed by atoms with van der Waals surface area (Å²) in [7, 11) is 1.64. The quantitative estimate of drug-likeness (QED) is 0.787. The number of ether oxygens (including phenoxy) is 2. The minimum Gasteiger partial charge on any atom is -0.497 e. The number of fused-ring (bicyclic) bond motifs is 1. The van der Waals surface area contributed by atoms with Crippen molar-refractivity contribution in [1.29, 1.82) is 0 Å².